The third-order valence-corrected chi connectivity index (χ3v) is 6.38. The number of nitrogens with zero attached hydrogens (tertiary/aromatic N) is 3. The van der Waals surface area contributed by atoms with Crippen LogP contribution in [0.1, 0.15) is 53.0 Å². The summed E-state index contributed by atoms with van der Waals surface area (Å²) in [5.41, 5.74) is 1.09. The standard InChI is InChI=1S/C25H23N3O5S/c1-4-12-32-18-11-10-15(13-19(18)31-5-2)21-20-22(29)16-8-6-7-9-17(16)33-23(20)24(30)28(21)25-27-26-14(3)34-25/h6-11,13,21H,4-5,12H2,1-3H3. The van der Waals surface area contributed by atoms with E-state index in [4.69, 9.17) is 13.9 Å². The summed E-state index contributed by atoms with van der Waals surface area (Å²) in [5.74, 6) is 0.753. The van der Waals surface area contributed by atoms with Gasteiger partial charge in [-0.2, -0.15) is 0 Å². The molecule has 1 unspecified atom stereocenters. The van der Waals surface area contributed by atoms with Crippen molar-refractivity contribution in [1.29, 1.82) is 0 Å². The van der Waals surface area contributed by atoms with Gasteiger partial charge in [-0.25, -0.2) is 0 Å². The summed E-state index contributed by atoms with van der Waals surface area (Å²) < 4.78 is 17.6. The normalized spacial score (nSPS) is 15.1. The minimum atomic E-state index is -0.741. The first-order valence-electron chi connectivity index (χ1n) is 11.1. The Morgan fingerprint density at radius 3 is 2.62 bits per heavy atom. The predicted molar refractivity (Wildman–Crippen MR) is 129 cm³/mol. The van der Waals surface area contributed by atoms with Gasteiger partial charge in [0.1, 0.15) is 10.6 Å². The smallest absolute Gasteiger partial charge is 0.297 e. The molecular formula is C25H23N3O5S. The van der Waals surface area contributed by atoms with Gasteiger partial charge in [-0.3, -0.25) is 14.5 Å². The number of anilines is 1. The van der Waals surface area contributed by atoms with Crippen molar-refractivity contribution in [3.05, 3.63) is 74.6 Å². The number of hydrogen-bond donors (Lipinski definition) is 0. The number of fused-ring (bicyclic) bond motifs is 2. The summed E-state index contributed by atoms with van der Waals surface area (Å²) in [6, 6.07) is 11.7. The third-order valence-electron chi connectivity index (χ3n) is 5.54. The van der Waals surface area contributed by atoms with E-state index in [0.717, 1.165) is 6.42 Å². The molecule has 9 heteroatoms. The van der Waals surface area contributed by atoms with Crippen LogP contribution in [0.4, 0.5) is 5.13 Å². The van der Waals surface area contributed by atoms with Gasteiger partial charge in [0.2, 0.25) is 10.9 Å². The number of aromatic nitrogens is 2. The highest BCUT2D eigenvalue weighted by molar-refractivity contribution is 7.15. The number of carbonyl (C=O) groups excluding carboxylic acids is 1. The number of para-hydroxylation sites is 1. The molecule has 0 radical (unpaired) electrons. The monoisotopic (exact) mass is 477 g/mol. The van der Waals surface area contributed by atoms with Crippen LogP contribution in [0.25, 0.3) is 11.0 Å². The van der Waals surface area contributed by atoms with Crippen molar-refractivity contribution in [2.45, 2.75) is 33.2 Å². The topological polar surface area (TPSA) is 94.8 Å². The molecule has 2 aromatic carbocycles. The highest BCUT2D eigenvalue weighted by Gasteiger charge is 2.45. The number of carbonyl (C=O) groups is 1. The lowest BCUT2D eigenvalue weighted by Crippen LogP contribution is -2.29. The van der Waals surface area contributed by atoms with Gasteiger partial charge >= 0.3 is 0 Å². The Balaban J connectivity index is 1.73. The Hall–Kier alpha value is -3.72. The average molecular weight is 478 g/mol. The number of rotatable bonds is 7. The predicted octanol–water partition coefficient (Wildman–Crippen LogP) is 4.89. The van der Waals surface area contributed by atoms with Gasteiger partial charge in [-0.15, -0.1) is 10.2 Å². The van der Waals surface area contributed by atoms with Gasteiger partial charge in [-0.05, 0) is 50.1 Å². The van der Waals surface area contributed by atoms with Crippen LogP contribution in [-0.4, -0.2) is 29.3 Å². The lowest BCUT2D eigenvalue weighted by molar-refractivity contribution is 0.0970. The average Bonchev–Trinajstić information content (AvgIpc) is 3.39. The van der Waals surface area contributed by atoms with E-state index in [1.807, 2.05) is 39.0 Å². The van der Waals surface area contributed by atoms with Crippen molar-refractivity contribution >= 4 is 33.3 Å². The fourth-order valence-electron chi connectivity index (χ4n) is 4.11. The van der Waals surface area contributed by atoms with Gasteiger partial charge in [0.05, 0.1) is 30.2 Å². The van der Waals surface area contributed by atoms with Crippen molar-refractivity contribution in [3.63, 3.8) is 0 Å². The van der Waals surface area contributed by atoms with E-state index in [0.29, 0.717) is 51.4 Å². The summed E-state index contributed by atoms with van der Waals surface area (Å²) in [4.78, 5) is 28.7. The van der Waals surface area contributed by atoms with Crippen molar-refractivity contribution in [3.8, 4) is 11.5 Å². The number of hydrogen-bond acceptors (Lipinski definition) is 8. The molecule has 0 aliphatic carbocycles. The molecule has 34 heavy (non-hydrogen) atoms. The van der Waals surface area contributed by atoms with E-state index in [1.54, 1.807) is 24.3 Å². The Bertz CT molecular complexity index is 1440. The Labute approximate surface area is 199 Å². The number of benzene rings is 2. The lowest BCUT2D eigenvalue weighted by Gasteiger charge is -2.23. The maximum Gasteiger partial charge on any atom is 0.297 e. The van der Waals surface area contributed by atoms with Crippen LogP contribution >= 0.6 is 11.3 Å². The third kappa shape index (κ3) is 3.62. The summed E-state index contributed by atoms with van der Waals surface area (Å²) in [6.45, 7) is 6.73. The molecule has 0 saturated carbocycles. The van der Waals surface area contributed by atoms with E-state index in [1.165, 1.54) is 16.2 Å². The summed E-state index contributed by atoms with van der Waals surface area (Å²) in [5, 5.41) is 9.80. The highest BCUT2D eigenvalue weighted by Crippen LogP contribution is 2.44. The maximum absolute atomic E-state index is 13.6. The molecule has 0 spiro atoms. The van der Waals surface area contributed by atoms with Crippen LogP contribution in [0.3, 0.4) is 0 Å². The molecule has 3 heterocycles. The second kappa shape index (κ2) is 8.90. The zero-order chi connectivity index (χ0) is 23.8. The van der Waals surface area contributed by atoms with Crippen LogP contribution < -0.4 is 19.8 Å². The SMILES string of the molecule is CCCOc1ccc(C2c3c(oc4ccccc4c3=O)C(=O)N2c2nnc(C)s2)cc1OCC. The molecule has 1 aliphatic heterocycles. The van der Waals surface area contributed by atoms with Gasteiger partial charge < -0.3 is 13.9 Å². The van der Waals surface area contributed by atoms with E-state index >= 15 is 0 Å². The van der Waals surface area contributed by atoms with Crippen molar-refractivity contribution in [1.82, 2.24) is 10.2 Å². The quantitative estimate of drug-likeness (QED) is 0.374. The molecule has 2 aromatic heterocycles. The van der Waals surface area contributed by atoms with Crippen molar-refractivity contribution in [2.75, 3.05) is 18.1 Å². The first-order valence-corrected chi connectivity index (χ1v) is 11.9. The Morgan fingerprint density at radius 1 is 1.06 bits per heavy atom. The van der Waals surface area contributed by atoms with Gasteiger partial charge in [0.15, 0.2) is 16.9 Å². The summed E-state index contributed by atoms with van der Waals surface area (Å²) >= 11 is 1.28. The number of aryl methyl sites for hydroxylation is 1. The Morgan fingerprint density at radius 2 is 1.88 bits per heavy atom. The molecule has 8 nitrogen and oxygen atoms in total. The molecule has 1 aliphatic rings. The fourth-order valence-corrected chi connectivity index (χ4v) is 4.82. The van der Waals surface area contributed by atoms with Crippen LogP contribution in [0.2, 0.25) is 0 Å². The van der Waals surface area contributed by atoms with E-state index in [-0.39, 0.29) is 16.8 Å². The van der Waals surface area contributed by atoms with E-state index < -0.39 is 11.9 Å². The minimum Gasteiger partial charge on any atom is -0.490 e. The zero-order valence-corrected chi connectivity index (χ0v) is 19.8. The van der Waals surface area contributed by atoms with Crippen LogP contribution in [0.15, 0.2) is 51.7 Å². The van der Waals surface area contributed by atoms with Gasteiger partial charge in [0.25, 0.3) is 5.91 Å². The maximum atomic E-state index is 13.6. The zero-order valence-electron chi connectivity index (χ0n) is 19.0. The fraction of sp³-hybridized carbons (Fsp3) is 0.280. The number of ether oxygens (including phenoxy) is 2. The highest BCUT2D eigenvalue weighted by atomic mass is 32.1. The molecule has 1 atom stereocenters. The van der Waals surface area contributed by atoms with Gasteiger partial charge in [0, 0.05) is 0 Å². The minimum absolute atomic E-state index is 0.0193. The molecule has 1 amide bonds. The van der Waals surface area contributed by atoms with Crippen LogP contribution in [0, 0.1) is 6.92 Å². The van der Waals surface area contributed by atoms with E-state index in [2.05, 4.69) is 10.2 Å². The Kier molecular flexibility index (Phi) is 5.79. The lowest BCUT2D eigenvalue weighted by atomic mass is 9.98. The van der Waals surface area contributed by atoms with Crippen LogP contribution in [-0.2, 0) is 0 Å². The summed E-state index contributed by atoms with van der Waals surface area (Å²) in [6.07, 6.45) is 0.857. The molecule has 5 rings (SSSR count). The molecule has 0 fully saturated rings. The largest absolute Gasteiger partial charge is 0.490 e. The second-order valence-electron chi connectivity index (χ2n) is 7.84. The molecule has 4 aromatic rings. The first-order chi connectivity index (χ1) is 16.5. The van der Waals surface area contributed by atoms with Crippen molar-refractivity contribution < 1.29 is 18.7 Å². The van der Waals surface area contributed by atoms with E-state index in [9.17, 15) is 9.59 Å². The molecule has 0 N–H and O–H groups in total. The molecule has 0 bridgehead atoms. The molecule has 174 valence electrons. The van der Waals surface area contributed by atoms with Crippen LogP contribution in [0.5, 0.6) is 11.5 Å². The van der Waals surface area contributed by atoms with Crippen molar-refractivity contribution in [2.24, 2.45) is 0 Å². The first kappa shape index (κ1) is 22.1. The van der Waals surface area contributed by atoms with Gasteiger partial charge in [-0.1, -0.05) is 36.5 Å². The molecule has 0 saturated heterocycles. The summed E-state index contributed by atoms with van der Waals surface area (Å²) in [7, 11) is 0. The second-order valence-corrected chi connectivity index (χ2v) is 9.00. The molecular weight excluding hydrogens is 454 g/mol. The number of amides is 1.